The van der Waals surface area contributed by atoms with Crippen LogP contribution in [0, 0.1) is 0 Å². The molecule has 3 nitrogen and oxygen atoms in total. The fraction of sp³-hybridized carbons (Fsp3) is 0.714. The van der Waals surface area contributed by atoms with Crippen LogP contribution in [0.3, 0.4) is 0 Å². The second-order valence-electron chi connectivity index (χ2n) is 4.82. The lowest BCUT2D eigenvalue weighted by Gasteiger charge is -2.26. The van der Waals surface area contributed by atoms with Crippen molar-refractivity contribution >= 4 is 0 Å². The van der Waals surface area contributed by atoms with E-state index in [1.165, 1.54) is 0 Å². The number of ether oxygens (including phenoxy) is 1. The zero-order chi connectivity index (χ0) is 13.3. The van der Waals surface area contributed by atoms with E-state index in [1.54, 1.807) is 0 Å². The molecule has 0 saturated carbocycles. The first kappa shape index (κ1) is 16.4. The molecule has 3 heteroatoms. The summed E-state index contributed by atoms with van der Waals surface area (Å²) in [6, 6.07) is 0.832. The summed E-state index contributed by atoms with van der Waals surface area (Å²) in [5.74, 6) is 0. The Morgan fingerprint density at radius 2 is 1.24 bits per heavy atom. The molecule has 0 saturated heterocycles. The van der Waals surface area contributed by atoms with E-state index in [1.807, 2.05) is 12.2 Å². The van der Waals surface area contributed by atoms with E-state index < -0.39 is 0 Å². The van der Waals surface area contributed by atoms with Crippen molar-refractivity contribution in [1.82, 2.24) is 9.80 Å². The van der Waals surface area contributed by atoms with Crippen LogP contribution in [0.4, 0.5) is 0 Å². The van der Waals surface area contributed by atoms with Crippen LogP contribution in [-0.2, 0) is 4.74 Å². The molecule has 2 unspecified atom stereocenters. The van der Waals surface area contributed by atoms with Crippen molar-refractivity contribution in [3.8, 4) is 0 Å². The lowest BCUT2D eigenvalue weighted by Crippen LogP contribution is -2.36. The average molecular weight is 240 g/mol. The second-order valence-corrected chi connectivity index (χ2v) is 4.82. The van der Waals surface area contributed by atoms with Crippen LogP contribution in [0.25, 0.3) is 0 Å². The van der Waals surface area contributed by atoms with Crippen LogP contribution in [0.15, 0.2) is 25.3 Å². The minimum absolute atomic E-state index is 0.416. The molecule has 17 heavy (non-hydrogen) atoms. The van der Waals surface area contributed by atoms with Crippen molar-refractivity contribution in [2.75, 3.05) is 41.4 Å². The van der Waals surface area contributed by atoms with Crippen LogP contribution >= 0.6 is 0 Å². The maximum absolute atomic E-state index is 5.81. The molecule has 0 aromatic rings. The Hall–Kier alpha value is -0.640. The summed E-state index contributed by atoms with van der Waals surface area (Å²) in [5.41, 5.74) is 0. The average Bonchev–Trinajstić information content (AvgIpc) is 2.26. The Morgan fingerprint density at radius 1 is 0.882 bits per heavy atom. The highest BCUT2D eigenvalue weighted by Gasteiger charge is 2.13. The van der Waals surface area contributed by atoms with E-state index in [4.69, 9.17) is 4.74 Å². The fourth-order valence-corrected chi connectivity index (χ4v) is 1.58. The van der Waals surface area contributed by atoms with E-state index >= 15 is 0 Å². The van der Waals surface area contributed by atoms with Gasteiger partial charge >= 0.3 is 0 Å². The lowest BCUT2D eigenvalue weighted by atomic mass is 10.2. The quantitative estimate of drug-likeness (QED) is 0.543. The van der Waals surface area contributed by atoms with Crippen molar-refractivity contribution < 1.29 is 4.74 Å². The van der Waals surface area contributed by atoms with Gasteiger partial charge < -0.3 is 14.5 Å². The summed E-state index contributed by atoms with van der Waals surface area (Å²) >= 11 is 0. The van der Waals surface area contributed by atoms with Crippen molar-refractivity contribution in [3.63, 3.8) is 0 Å². The molecular weight excluding hydrogens is 212 g/mol. The van der Waals surface area contributed by atoms with Gasteiger partial charge in [0.25, 0.3) is 0 Å². The number of hydrogen-bond acceptors (Lipinski definition) is 3. The van der Waals surface area contributed by atoms with E-state index in [9.17, 15) is 0 Å². The molecular formula is C14H28N2O. The van der Waals surface area contributed by atoms with Gasteiger partial charge in [-0.2, -0.15) is 0 Å². The maximum atomic E-state index is 5.81. The third kappa shape index (κ3) is 7.31. The highest BCUT2D eigenvalue weighted by molar-refractivity contribution is 4.80. The van der Waals surface area contributed by atoms with Crippen LogP contribution in [0.1, 0.15) is 12.8 Å². The minimum atomic E-state index is 0.416. The van der Waals surface area contributed by atoms with Crippen LogP contribution < -0.4 is 0 Å². The van der Waals surface area contributed by atoms with Crippen molar-refractivity contribution in [2.45, 2.75) is 24.9 Å². The number of nitrogens with zero attached hydrogens (tertiary/aromatic N) is 2. The first-order valence-corrected chi connectivity index (χ1v) is 6.15. The zero-order valence-electron chi connectivity index (χ0n) is 11.9. The summed E-state index contributed by atoms with van der Waals surface area (Å²) in [7, 11) is 8.30. The summed E-state index contributed by atoms with van der Waals surface area (Å²) in [6.07, 6.45) is 5.81. The molecule has 0 amide bonds. The maximum Gasteiger partial charge on any atom is 0.0625 e. The predicted molar refractivity (Wildman–Crippen MR) is 75.4 cm³/mol. The van der Waals surface area contributed by atoms with Crippen molar-refractivity contribution in [1.29, 1.82) is 0 Å². The molecule has 0 heterocycles. The zero-order valence-corrected chi connectivity index (χ0v) is 11.9. The van der Waals surface area contributed by atoms with Gasteiger partial charge in [-0.1, -0.05) is 12.2 Å². The molecule has 0 aliphatic carbocycles. The van der Waals surface area contributed by atoms with Gasteiger partial charge in [-0.25, -0.2) is 0 Å². The van der Waals surface area contributed by atoms with Gasteiger partial charge in [0.05, 0.1) is 13.2 Å². The SMILES string of the molecule is C=CCC(COCC(CC=C)N(C)C)N(C)C. The molecule has 0 aromatic carbocycles. The molecule has 100 valence electrons. The highest BCUT2D eigenvalue weighted by atomic mass is 16.5. The van der Waals surface area contributed by atoms with Gasteiger partial charge in [0.1, 0.15) is 0 Å². The van der Waals surface area contributed by atoms with Crippen LogP contribution in [0.2, 0.25) is 0 Å². The summed E-state index contributed by atoms with van der Waals surface area (Å²) in [6.45, 7) is 9.06. The Balaban J connectivity index is 3.99. The Kier molecular flexibility index (Phi) is 9.04. The summed E-state index contributed by atoms with van der Waals surface area (Å²) in [5, 5.41) is 0. The van der Waals surface area contributed by atoms with Crippen LogP contribution in [-0.4, -0.2) is 63.3 Å². The second kappa shape index (κ2) is 9.40. The molecule has 0 N–H and O–H groups in total. The topological polar surface area (TPSA) is 15.7 Å². The van der Waals surface area contributed by atoms with Crippen LogP contribution in [0.5, 0.6) is 0 Å². The van der Waals surface area contributed by atoms with Gasteiger partial charge in [0.15, 0.2) is 0 Å². The van der Waals surface area contributed by atoms with E-state index in [0.29, 0.717) is 12.1 Å². The molecule has 0 rings (SSSR count). The highest BCUT2D eigenvalue weighted by Crippen LogP contribution is 2.05. The van der Waals surface area contributed by atoms with Gasteiger partial charge in [0.2, 0.25) is 0 Å². The van der Waals surface area contributed by atoms with Crippen molar-refractivity contribution in [3.05, 3.63) is 25.3 Å². The Morgan fingerprint density at radius 3 is 1.47 bits per heavy atom. The molecule has 0 aromatic heterocycles. The lowest BCUT2D eigenvalue weighted by molar-refractivity contribution is 0.0460. The molecule has 0 radical (unpaired) electrons. The minimum Gasteiger partial charge on any atom is -0.378 e. The van der Waals surface area contributed by atoms with Gasteiger partial charge in [0, 0.05) is 12.1 Å². The molecule has 0 spiro atoms. The Bertz CT molecular complexity index is 192. The number of rotatable bonds is 10. The number of hydrogen-bond donors (Lipinski definition) is 0. The first-order chi connectivity index (χ1) is 8.02. The fourth-order valence-electron chi connectivity index (χ4n) is 1.58. The van der Waals surface area contributed by atoms with E-state index in [2.05, 4.69) is 51.1 Å². The predicted octanol–water partition coefficient (Wildman–Crippen LogP) is 2.02. The van der Waals surface area contributed by atoms with E-state index in [0.717, 1.165) is 26.1 Å². The molecule has 0 fully saturated rings. The third-order valence-electron chi connectivity index (χ3n) is 2.96. The summed E-state index contributed by atoms with van der Waals surface area (Å²) < 4.78 is 5.81. The van der Waals surface area contributed by atoms with E-state index in [-0.39, 0.29) is 0 Å². The Labute approximate surface area is 107 Å². The monoisotopic (exact) mass is 240 g/mol. The van der Waals surface area contributed by atoms with Gasteiger partial charge in [-0.05, 0) is 41.0 Å². The molecule has 2 atom stereocenters. The molecule has 0 aliphatic rings. The van der Waals surface area contributed by atoms with Gasteiger partial charge in [-0.3, -0.25) is 0 Å². The summed E-state index contributed by atoms with van der Waals surface area (Å²) in [4.78, 5) is 4.36. The molecule has 0 aliphatic heterocycles. The third-order valence-corrected chi connectivity index (χ3v) is 2.96. The smallest absolute Gasteiger partial charge is 0.0625 e. The molecule has 0 bridgehead atoms. The van der Waals surface area contributed by atoms with Crippen molar-refractivity contribution in [2.24, 2.45) is 0 Å². The standard InChI is InChI=1S/C14H28N2O/c1-7-9-13(15(3)4)11-17-12-14(10-8-2)16(5)6/h7-8,13-14H,1-2,9-12H2,3-6H3. The number of likely N-dealkylation sites (N-methyl/N-ethyl adjacent to an activating group) is 2. The first-order valence-electron chi connectivity index (χ1n) is 6.15. The largest absolute Gasteiger partial charge is 0.378 e. The normalized spacial score (nSPS) is 14.9. The van der Waals surface area contributed by atoms with Gasteiger partial charge in [-0.15, -0.1) is 13.2 Å².